The molecule has 4 rings (SSSR count). The van der Waals surface area contributed by atoms with E-state index in [1.54, 1.807) is 26.3 Å². The third kappa shape index (κ3) is 7.70. The summed E-state index contributed by atoms with van der Waals surface area (Å²) in [7, 11) is 1.64. The van der Waals surface area contributed by atoms with E-state index in [0.29, 0.717) is 43.6 Å². The van der Waals surface area contributed by atoms with E-state index < -0.39 is 6.36 Å². The number of rotatable bonds is 11. The fraction of sp³-hybridized carbons (Fsp3) is 0.259. The van der Waals surface area contributed by atoms with E-state index in [1.165, 1.54) is 18.2 Å². The van der Waals surface area contributed by atoms with Gasteiger partial charge in [-0.25, -0.2) is 4.99 Å². The number of hydrogen-bond acceptors (Lipinski definition) is 6. The molecule has 200 valence electrons. The highest BCUT2D eigenvalue weighted by atomic mass is 19.4. The number of aromatic amines is 1. The number of alkyl halides is 3. The van der Waals surface area contributed by atoms with Crippen molar-refractivity contribution in [1.29, 1.82) is 0 Å². The first kappa shape index (κ1) is 27.0. The van der Waals surface area contributed by atoms with Gasteiger partial charge in [0, 0.05) is 36.5 Å². The fourth-order valence-electron chi connectivity index (χ4n) is 3.82. The standard InChI is InChI=1S/C27H28F3N5O3/c1-18(34-21-4-3-5-23(14-21)38-27(28,29)30)33-20-8-6-19(7-9-20)24-15-22(16-26-25(24)17-32-35-26)31-10-11-37-13-12-36-2/h3-9,14-17,31H,10-13H2,1-2H3,(H,32,35)(H,33,34). The lowest BCUT2D eigenvalue weighted by molar-refractivity contribution is -0.274. The molecule has 0 unspecified atom stereocenters. The fourth-order valence-corrected chi connectivity index (χ4v) is 3.82. The molecule has 3 aromatic carbocycles. The number of ether oxygens (including phenoxy) is 3. The molecular weight excluding hydrogens is 499 g/mol. The van der Waals surface area contributed by atoms with Crippen LogP contribution in [0.25, 0.3) is 22.0 Å². The number of hydrogen-bond donors (Lipinski definition) is 3. The van der Waals surface area contributed by atoms with Crippen LogP contribution in [0.15, 0.2) is 71.9 Å². The molecule has 0 aliphatic carbocycles. The van der Waals surface area contributed by atoms with E-state index in [1.807, 2.05) is 30.3 Å². The molecule has 1 aromatic heterocycles. The molecule has 0 saturated carbocycles. The summed E-state index contributed by atoms with van der Waals surface area (Å²) in [6, 6.07) is 17.3. The van der Waals surface area contributed by atoms with Crippen molar-refractivity contribution in [1.82, 2.24) is 10.2 Å². The minimum Gasteiger partial charge on any atom is -0.406 e. The van der Waals surface area contributed by atoms with E-state index in [0.717, 1.165) is 27.7 Å². The Labute approximate surface area is 217 Å². The Hall–Kier alpha value is -4.09. The molecule has 4 aromatic rings. The lowest BCUT2D eigenvalue weighted by Gasteiger charge is -2.12. The molecular formula is C27H28F3N5O3. The Bertz CT molecular complexity index is 1370. The molecule has 0 amide bonds. The summed E-state index contributed by atoms with van der Waals surface area (Å²) in [5, 5.41) is 14.6. The number of amidine groups is 1. The van der Waals surface area contributed by atoms with Crippen molar-refractivity contribution in [2.45, 2.75) is 13.3 Å². The zero-order valence-corrected chi connectivity index (χ0v) is 20.9. The van der Waals surface area contributed by atoms with E-state index in [-0.39, 0.29) is 5.75 Å². The number of aromatic nitrogens is 2. The van der Waals surface area contributed by atoms with Crippen LogP contribution in [0.1, 0.15) is 6.92 Å². The molecule has 3 N–H and O–H groups in total. The first-order valence-corrected chi connectivity index (χ1v) is 11.9. The van der Waals surface area contributed by atoms with Crippen molar-refractivity contribution >= 4 is 33.8 Å². The Kier molecular flexibility index (Phi) is 8.82. The number of nitrogens with one attached hydrogen (secondary N) is 3. The second-order valence-corrected chi connectivity index (χ2v) is 8.33. The molecule has 0 atom stereocenters. The first-order valence-electron chi connectivity index (χ1n) is 11.9. The zero-order valence-electron chi connectivity index (χ0n) is 20.9. The molecule has 0 aliphatic heterocycles. The monoisotopic (exact) mass is 527 g/mol. The van der Waals surface area contributed by atoms with Crippen LogP contribution in [0.4, 0.5) is 30.2 Å². The highest BCUT2D eigenvalue weighted by Gasteiger charge is 2.31. The molecule has 0 saturated heterocycles. The van der Waals surface area contributed by atoms with Crippen LogP contribution in [0.2, 0.25) is 0 Å². The lowest BCUT2D eigenvalue weighted by Crippen LogP contribution is -2.17. The predicted octanol–water partition coefficient (Wildman–Crippen LogP) is 6.37. The molecule has 0 fully saturated rings. The summed E-state index contributed by atoms with van der Waals surface area (Å²) in [5.41, 5.74) is 4.95. The Balaban J connectivity index is 1.45. The van der Waals surface area contributed by atoms with Gasteiger partial charge in [0.15, 0.2) is 0 Å². The van der Waals surface area contributed by atoms with E-state index in [2.05, 4.69) is 36.6 Å². The minimum atomic E-state index is -4.75. The molecule has 11 heteroatoms. The van der Waals surface area contributed by atoms with Gasteiger partial charge < -0.3 is 24.8 Å². The van der Waals surface area contributed by atoms with Crippen LogP contribution in [0.3, 0.4) is 0 Å². The Morgan fingerprint density at radius 1 is 1.00 bits per heavy atom. The number of methoxy groups -OCH3 is 1. The van der Waals surface area contributed by atoms with Crippen LogP contribution >= 0.6 is 0 Å². The van der Waals surface area contributed by atoms with Crippen molar-refractivity contribution in [2.24, 2.45) is 4.99 Å². The maximum atomic E-state index is 12.5. The van der Waals surface area contributed by atoms with Gasteiger partial charge in [-0.05, 0) is 54.4 Å². The molecule has 0 aliphatic rings. The number of benzene rings is 3. The van der Waals surface area contributed by atoms with Gasteiger partial charge in [-0.3, -0.25) is 5.10 Å². The number of fused-ring (bicyclic) bond motifs is 1. The first-order chi connectivity index (χ1) is 18.3. The minimum absolute atomic E-state index is 0.305. The number of anilines is 2. The van der Waals surface area contributed by atoms with Crippen LogP contribution in [-0.4, -0.2) is 55.9 Å². The molecule has 0 spiro atoms. The average molecular weight is 528 g/mol. The van der Waals surface area contributed by atoms with E-state index >= 15 is 0 Å². The molecule has 1 heterocycles. The van der Waals surface area contributed by atoms with Crippen LogP contribution in [0, 0.1) is 0 Å². The third-order valence-electron chi connectivity index (χ3n) is 5.43. The number of H-pyrrole nitrogens is 1. The summed E-state index contributed by atoms with van der Waals surface area (Å²) in [6.45, 7) is 4.04. The predicted molar refractivity (Wildman–Crippen MR) is 142 cm³/mol. The van der Waals surface area contributed by atoms with Crippen molar-refractivity contribution < 1.29 is 27.4 Å². The SMILES string of the molecule is COCCOCCNc1cc(-c2ccc(N=C(C)Nc3cccc(OC(F)(F)F)c3)cc2)c2cn[nH]c2c1. The van der Waals surface area contributed by atoms with E-state index in [9.17, 15) is 13.2 Å². The number of aliphatic imine (C=N–C) groups is 1. The average Bonchev–Trinajstić information content (AvgIpc) is 3.34. The molecule has 0 radical (unpaired) electrons. The maximum absolute atomic E-state index is 12.5. The van der Waals surface area contributed by atoms with Crippen molar-refractivity contribution in [3.05, 3.63) is 66.9 Å². The second kappa shape index (κ2) is 12.4. The van der Waals surface area contributed by atoms with Crippen LogP contribution < -0.4 is 15.4 Å². The quantitative estimate of drug-likeness (QED) is 0.119. The van der Waals surface area contributed by atoms with Crippen molar-refractivity contribution in [3.8, 4) is 16.9 Å². The normalized spacial score (nSPS) is 12.1. The van der Waals surface area contributed by atoms with Crippen molar-refractivity contribution in [3.63, 3.8) is 0 Å². The van der Waals surface area contributed by atoms with Gasteiger partial charge >= 0.3 is 6.36 Å². The summed E-state index contributed by atoms with van der Waals surface area (Å²) in [5.74, 6) is 0.207. The second-order valence-electron chi connectivity index (χ2n) is 8.33. The summed E-state index contributed by atoms with van der Waals surface area (Å²) < 4.78 is 51.9. The summed E-state index contributed by atoms with van der Waals surface area (Å²) in [4.78, 5) is 4.52. The van der Waals surface area contributed by atoms with Gasteiger partial charge in [-0.2, -0.15) is 5.10 Å². The van der Waals surface area contributed by atoms with Gasteiger partial charge in [0.2, 0.25) is 0 Å². The topological polar surface area (TPSA) is 92.8 Å². The smallest absolute Gasteiger partial charge is 0.406 e. The third-order valence-corrected chi connectivity index (χ3v) is 5.43. The van der Waals surface area contributed by atoms with Gasteiger partial charge in [0.05, 0.1) is 37.2 Å². The zero-order chi connectivity index (χ0) is 27.0. The van der Waals surface area contributed by atoms with Gasteiger partial charge in [-0.15, -0.1) is 13.2 Å². The van der Waals surface area contributed by atoms with E-state index in [4.69, 9.17) is 9.47 Å². The summed E-state index contributed by atoms with van der Waals surface area (Å²) >= 11 is 0. The highest BCUT2D eigenvalue weighted by molar-refractivity contribution is 5.98. The van der Waals surface area contributed by atoms with Gasteiger partial charge in [0.25, 0.3) is 0 Å². The highest BCUT2D eigenvalue weighted by Crippen LogP contribution is 2.32. The van der Waals surface area contributed by atoms with Crippen molar-refractivity contribution in [2.75, 3.05) is 44.1 Å². The largest absolute Gasteiger partial charge is 0.573 e. The molecule has 0 bridgehead atoms. The van der Waals surface area contributed by atoms with Gasteiger partial charge in [0.1, 0.15) is 11.6 Å². The lowest BCUT2D eigenvalue weighted by atomic mass is 10.0. The maximum Gasteiger partial charge on any atom is 0.573 e. The summed E-state index contributed by atoms with van der Waals surface area (Å²) in [6.07, 6.45) is -2.96. The number of nitrogens with zero attached hydrogens (tertiary/aromatic N) is 2. The van der Waals surface area contributed by atoms with Crippen LogP contribution in [-0.2, 0) is 9.47 Å². The van der Waals surface area contributed by atoms with Crippen LogP contribution in [0.5, 0.6) is 5.75 Å². The molecule has 38 heavy (non-hydrogen) atoms. The van der Waals surface area contributed by atoms with Gasteiger partial charge in [-0.1, -0.05) is 18.2 Å². The number of halogens is 3. The Morgan fingerprint density at radius 3 is 2.58 bits per heavy atom. The Morgan fingerprint density at radius 2 is 1.82 bits per heavy atom. The molecule has 8 nitrogen and oxygen atoms in total.